The molecule has 0 radical (unpaired) electrons. The summed E-state index contributed by atoms with van der Waals surface area (Å²) < 4.78 is 1.42. The number of nitrogens with zero attached hydrogens (tertiary/aromatic N) is 2. The van der Waals surface area contributed by atoms with E-state index in [-0.39, 0.29) is 17.9 Å². The number of hydrogen-bond acceptors (Lipinski definition) is 4. The minimum absolute atomic E-state index is 0.0133. The zero-order chi connectivity index (χ0) is 17.6. The Balaban J connectivity index is 2.03. The van der Waals surface area contributed by atoms with Crippen LogP contribution in [0.1, 0.15) is 37.5 Å². The summed E-state index contributed by atoms with van der Waals surface area (Å²) in [6.07, 6.45) is 1.48. The van der Waals surface area contributed by atoms with E-state index in [2.05, 4.69) is 4.98 Å². The standard InChI is InChI=1S/C19H20N2O2S/c1-10-6-12(3)15(7-11(10)2)16(22)8-21-9-20-18-17(19(21)23)13(4)14(5)24-18/h6-7,9H,8H2,1-5H3. The van der Waals surface area contributed by atoms with E-state index < -0.39 is 0 Å². The van der Waals surface area contributed by atoms with Crippen LogP contribution in [0, 0.1) is 34.6 Å². The summed E-state index contributed by atoms with van der Waals surface area (Å²) in [6, 6.07) is 3.92. The quantitative estimate of drug-likeness (QED) is 0.680. The van der Waals surface area contributed by atoms with Gasteiger partial charge in [0.15, 0.2) is 5.78 Å². The number of benzene rings is 1. The summed E-state index contributed by atoms with van der Waals surface area (Å²) in [4.78, 5) is 31.6. The van der Waals surface area contributed by atoms with E-state index in [1.807, 2.05) is 46.8 Å². The van der Waals surface area contributed by atoms with Crippen molar-refractivity contribution in [1.82, 2.24) is 9.55 Å². The van der Waals surface area contributed by atoms with Gasteiger partial charge in [0, 0.05) is 10.4 Å². The van der Waals surface area contributed by atoms with Gasteiger partial charge in [0.1, 0.15) is 4.83 Å². The molecule has 5 heteroatoms. The number of carbonyl (C=O) groups is 1. The van der Waals surface area contributed by atoms with Gasteiger partial charge in [0.25, 0.3) is 5.56 Å². The first-order valence-electron chi connectivity index (χ1n) is 7.85. The summed E-state index contributed by atoms with van der Waals surface area (Å²) >= 11 is 1.51. The molecule has 0 aliphatic heterocycles. The van der Waals surface area contributed by atoms with E-state index in [0.29, 0.717) is 10.9 Å². The van der Waals surface area contributed by atoms with Crippen molar-refractivity contribution in [3.63, 3.8) is 0 Å². The predicted molar refractivity (Wildman–Crippen MR) is 98.3 cm³/mol. The van der Waals surface area contributed by atoms with Gasteiger partial charge in [-0.1, -0.05) is 6.07 Å². The molecule has 0 aliphatic carbocycles. The number of aryl methyl sites for hydroxylation is 5. The highest BCUT2D eigenvalue weighted by Gasteiger charge is 2.16. The molecule has 2 aromatic heterocycles. The van der Waals surface area contributed by atoms with Crippen LogP contribution in [0.15, 0.2) is 23.3 Å². The van der Waals surface area contributed by atoms with Crippen molar-refractivity contribution in [2.45, 2.75) is 41.2 Å². The van der Waals surface area contributed by atoms with E-state index in [4.69, 9.17) is 0 Å². The highest BCUT2D eigenvalue weighted by Crippen LogP contribution is 2.25. The minimum atomic E-state index is -0.142. The fourth-order valence-corrected chi connectivity index (χ4v) is 3.87. The summed E-state index contributed by atoms with van der Waals surface area (Å²) in [7, 11) is 0. The van der Waals surface area contributed by atoms with Crippen LogP contribution in [0.5, 0.6) is 0 Å². The molecule has 0 saturated heterocycles. The second-order valence-corrected chi connectivity index (χ2v) is 7.52. The molecule has 0 N–H and O–H groups in total. The van der Waals surface area contributed by atoms with Crippen LogP contribution < -0.4 is 5.56 Å². The average molecular weight is 340 g/mol. The lowest BCUT2D eigenvalue weighted by Gasteiger charge is -2.10. The van der Waals surface area contributed by atoms with Crippen LogP contribution in [-0.2, 0) is 6.54 Å². The molecule has 0 amide bonds. The fraction of sp³-hybridized carbons (Fsp3) is 0.316. The number of fused-ring (bicyclic) bond motifs is 1. The average Bonchev–Trinajstić information content (AvgIpc) is 2.81. The molecular formula is C19H20N2O2S. The molecule has 24 heavy (non-hydrogen) atoms. The Bertz CT molecular complexity index is 1030. The molecule has 0 atom stereocenters. The molecule has 3 aromatic rings. The van der Waals surface area contributed by atoms with Gasteiger partial charge in [-0.3, -0.25) is 14.2 Å². The van der Waals surface area contributed by atoms with E-state index in [1.165, 1.54) is 22.2 Å². The van der Waals surface area contributed by atoms with Gasteiger partial charge in [0.2, 0.25) is 0 Å². The first-order chi connectivity index (χ1) is 11.3. The van der Waals surface area contributed by atoms with E-state index >= 15 is 0 Å². The van der Waals surface area contributed by atoms with Crippen LogP contribution in [-0.4, -0.2) is 15.3 Å². The Kier molecular flexibility index (Phi) is 4.13. The topological polar surface area (TPSA) is 52.0 Å². The normalized spacial score (nSPS) is 11.2. The molecule has 0 aliphatic rings. The number of carbonyl (C=O) groups excluding carboxylic acids is 1. The van der Waals surface area contributed by atoms with E-state index in [1.54, 1.807) is 0 Å². The zero-order valence-corrected chi connectivity index (χ0v) is 15.4. The molecule has 0 spiro atoms. The van der Waals surface area contributed by atoms with Crippen molar-refractivity contribution in [2.24, 2.45) is 0 Å². The SMILES string of the molecule is Cc1cc(C)c(C(=O)Cn2cnc3sc(C)c(C)c3c2=O)cc1C. The predicted octanol–water partition coefficient (Wildman–Crippen LogP) is 3.88. The largest absolute Gasteiger partial charge is 0.292 e. The summed E-state index contributed by atoms with van der Waals surface area (Å²) in [5.41, 5.74) is 4.66. The lowest BCUT2D eigenvalue weighted by molar-refractivity contribution is 0.0970. The van der Waals surface area contributed by atoms with Gasteiger partial charge in [-0.05, 0) is 62.9 Å². The van der Waals surface area contributed by atoms with Crippen LogP contribution in [0.25, 0.3) is 10.2 Å². The molecule has 0 bridgehead atoms. The number of rotatable bonds is 3. The Morgan fingerprint density at radius 3 is 2.46 bits per heavy atom. The van der Waals surface area contributed by atoms with Gasteiger partial charge in [-0.25, -0.2) is 4.98 Å². The van der Waals surface area contributed by atoms with Crippen molar-refractivity contribution in [1.29, 1.82) is 0 Å². The summed E-state index contributed by atoms with van der Waals surface area (Å²) in [5.74, 6) is -0.0662. The maximum Gasteiger partial charge on any atom is 0.262 e. The number of thiophene rings is 1. The fourth-order valence-electron chi connectivity index (χ4n) is 2.88. The van der Waals surface area contributed by atoms with Crippen molar-refractivity contribution in [2.75, 3.05) is 0 Å². The van der Waals surface area contributed by atoms with Crippen molar-refractivity contribution in [3.05, 3.63) is 61.5 Å². The molecule has 0 saturated carbocycles. The second-order valence-electron chi connectivity index (χ2n) is 6.32. The highest BCUT2D eigenvalue weighted by atomic mass is 32.1. The Hall–Kier alpha value is -2.27. The van der Waals surface area contributed by atoms with Crippen molar-refractivity contribution >= 4 is 27.3 Å². The van der Waals surface area contributed by atoms with Gasteiger partial charge < -0.3 is 0 Å². The third-order valence-corrected chi connectivity index (χ3v) is 5.73. The maximum atomic E-state index is 12.7. The summed E-state index contributed by atoms with van der Waals surface area (Å²) in [6.45, 7) is 9.87. The molecule has 4 nitrogen and oxygen atoms in total. The van der Waals surface area contributed by atoms with Crippen molar-refractivity contribution < 1.29 is 4.79 Å². The van der Waals surface area contributed by atoms with E-state index in [0.717, 1.165) is 32.0 Å². The van der Waals surface area contributed by atoms with Gasteiger partial charge in [-0.15, -0.1) is 11.3 Å². The monoisotopic (exact) mass is 340 g/mol. The Morgan fingerprint density at radius 2 is 1.75 bits per heavy atom. The number of Topliss-reactive ketones (excluding diaryl/α,β-unsaturated/α-hetero) is 1. The van der Waals surface area contributed by atoms with Crippen LogP contribution in [0.3, 0.4) is 0 Å². The van der Waals surface area contributed by atoms with Crippen LogP contribution >= 0.6 is 11.3 Å². The molecule has 3 rings (SSSR count). The molecule has 0 fully saturated rings. The third-order valence-electron chi connectivity index (χ3n) is 4.61. The third kappa shape index (κ3) is 2.69. The first-order valence-corrected chi connectivity index (χ1v) is 8.67. The summed E-state index contributed by atoms with van der Waals surface area (Å²) in [5, 5.41) is 0.629. The lowest BCUT2D eigenvalue weighted by atomic mass is 9.98. The van der Waals surface area contributed by atoms with Crippen LogP contribution in [0.2, 0.25) is 0 Å². The molecule has 2 heterocycles. The zero-order valence-electron chi connectivity index (χ0n) is 14.6. The minimum Gasteiger partial charge on any atom is -0.292 e. The first kappa shape index (κ1) is 16.6. The van der Waals surface area contributed by atoms with Gasteiger partial charge in [0.05, 0.1) is 18.3 Å². The number of aromatic nitrogens is 2. The van der Waals surface area contributed by atoms with Gasteiger partial charge in [-0.2, -0.15) is 0 Å². The van der Waals surface area contributed by atoms with Crippen molar-refractivity contribution in [3.8, 4) is 0 Å². The molecule has 124 valence electrons. The molecule has 0 unspecified atom stereocenters. The maximum absolute atomic E-state index is 12.7. The Labute approximate surface area is 144 Å². The van der Waals surface area contributed by atoms with Crippen LogP contribution in [0.4, 0.5) is 0 Å². The molecule has 1 aromatic carbocycles. The van der Waals surface area contributed by atoms with Gasteiger partial charge >= 0.3 is 0 Å². The van der Waals surface area contributed by atoms with E-state index in [9.17, 15) is 9.59 Å². The second kappa shape index (κ2) is 5.98. The Morgan fingerprint density at radius 1 is 1.08 bits per heavy atom. The number of ketones is 1. The number of hydrogen-bond donors (Lipinski definition) is 0. The lowest BCUT2D eigenvalue weighted by Crippen LogP contribution is -2.25. The highest BCUT2D eigenvalue weighted by molar-refractivity contribution is 7.18. The smallest absolute Gasteiger partial charge is 0.262 e. The molecular weight excluding hydrogens is 320 g/mol.